The van der Waals surface area contributed by atoms with Crippen molar-refractivity contribution in [2.45, 2.75) is 5.41 Å². The van der Waals surface area contributed by atoms with Crippen molar-refractivity contribution >= 4 is 60.2 Å². The van der Waals surface area contributed by atoms with Gasteiger partial charge < -0.3 is 9.64 Å². The van der Waals surface area contributed by atoms with Gasteiger partial charge in [-0.25, -0.2) is 0 Å². The Morgan fingerprint density at radius 1 is 0.247 bits per heavy atom. The third-order valence-electron chi connectivity index (χ3n) is 15.7. The summed E-state index contributed by atoms with van der Waals surface area (Å²) in [5.41, 5.74) is 16.9. The van der Waals surface area contributed by atoms with E-state index < -0.39 is 5.41 Å². The predicted octanol–water partition coefficient (Wildman–Crippen LogP) is 19.2. The summed E-state index contributed by atoms with van der Waals surface area (Å²) in [6.45, 7) is 0. The van der Waals surface area contributed by atoms with Crippen LogP contribution in [0.25, 0.3) is 87.6 Å². The van der Waals surface area contributed by atoms with Crippen LogP contribution in [0.4, 0.5) is 17.1 Å². The summed E-state index contributed by atoms with van der Waals surface area (Å²) in [4.78, 5) is 2.40. The lowest BCUT2D eigenvalue weighted by Gasteiger charge is -2.42. The first-order chi connectivity index (χ1) is 36.2. The standard InChI is InChI=1S/C71H45NO/c1-3-19-46(20-4-1)48-37-40-52(41-38-48)72(53-25-17-23-49(43-53)47-21-5-2-6-22-47)54-26-18-24-50(44-54)51-39-42-60-59-31-15-16-36-65(59)71(66(60)45-51)67-61-32-11-7-27-55(61)57-29-9-13-34-63(57)69(67)73-70-64-35-14-10-30-58(64)56-28-8-12-33-62(56)68(70)71/h1-45H. The zero-order chi connectivity index (χ0) is 48.0. The Morgan fingerprint density at radius 2 is 0.630 bits per heavy atom. The lowest BCUT2D eigenvalue weighted by Crippen LogP contribution is -2.33. The Bertz CT molecular complexity index is 4220. The molecule has 0 atom stereocenters. The van der Waals surface area contributed by atoms with Crippen molar-refractivity contribution in [3.8, 4) is 56.0 Å². The number of rotatable bonds is 6. The summed E-state index contributed by atoms with van der Waals surface area (Å²) >= 11 is 0. The van der Waals surface area contributed by atoms with Crippen LogP contribution >= 0.6 is 0 Å². The smallest absolute Gasteiger partial charge is 0.140 e. The van der Waals surface area contributed by atoms with E-state index in [2.05, 4.69) is 278 Å². The fourth-order valence-electron chi connectivity index (χ4n) is 12.6. The summed E-state index contributed by atoms with van der Waals surface area (Å²) in [5.74, 6) is 1.84. The van der Waals surface area contributed by atoms with E-state index in [0.29, 0.717) is 0 Å². The molecule has 0 unspecified atom stereocenters. The maximum atomic E-state index is 7.64. The molecule has 2 nitrogen and oxygen atoms in total. The van der Waals surface area contributed by atoms with Crippen molar-refractivity contribution in [2.24, 2.45) is 0 Å². The van der Waals surface area contributed by atoms with Gasteiger partial charge in [-0.1, -0.05) is 231 Å². The van der Waals surface area contributed by atoms with Gasteiger partial charge in [0.25, 0.3) is 0 Å². The molecule has 1 aliphatic carbocycles. The summed E-state index contributed by atoms with van der Waals surface area (Å²) in [5, 5.41) is 9.43. The number of anilines is 3. The molecule has 13 aromatic rings. The van der Waals surface area contributed by atoms with Crippen molar-refractivity contribution in [1.29, 1.82) is 0 Å². The first-order valence-corrected chi connectivity index (χ1v) is 25.2. The first kappa shape index (κ1) is 41.3. The highest BCUT2D eigenvalue weighted by Gasteiger charge is 2.54. The fraction of sp³-hybridized carbons (Fsp3) is 0.0141. The molecule has 73 heavy (non-hydrogen) atoms. The highest BCUT2D eigenvalue weighted by molar-refractivity contribution is 6.19. The molecule has 1 aliphatic heterocycles. The van der Waals surface area contributed by atoms with Crippen LogP contribution in [-0.4, -0.2) is 0 Å². The lowest BCUT2D eigenvalue weighted by molar-refractivity contribution is 0.451. The minimum atomic E-state index is -0.764. The molecule has 1 heterocycles. The van der Waals surface area contributed by atoms with Crippen molar-refractivity contribution in [3.05, 3.63) is 295 Å². The SMILES string of the molecule is c1ccc(-c2ccc(N(c3cccc(-c4ccccc4)c3)c3cccc(-c4ccc5c(c4)C4(c6ccccc6-5)c5c(c6ccccc6c6ccccc56)Oc5c4c4ccccc4c4ccccc54)c3)cc2)cc1. The van der Waals surface area contributed by atoms with Crippen LogP contribution in [0, 0.1) is 0 Å². The predicted molar refractivity (Wildman–Crippen MR) is 305 cm³/mol. The highest BCUT2D eigenvalue weighted by atomic mass is 16.5. The zero-order valence-corrected chi connectivity index (χ0v) is 39.8. The van der Waals surface area contributed by atoms with Crippen LogP contribution in [0.3, 0.4) is 0 Å². The molecule has 0 aromatic heterocycles. The van der Waals surface area contributed by atoms with Crippen LogP contribution in [0.15, 0.2) is 273 Å². The number of fused-ring (bicyclic) bond motifs is 19. The van der Waals surface area contributed by atoms with E-state index in [4.69, 9.17) is 4.74 Å². The topological polar surface area (TPSA) is 12.5 Å². The fourth-order valence-corrected chi connectivity index (χ4v) is 12.6. The molecule has 0 bridgehead atoms. The van der Waals surface area contributed by atoms with Gasteiger partial charge in [-0.2, -0.15) is 0 Å². The van der Waals surface area contributed by atoms with Crippen molar-refractivity contribution in [3.63, 3.8) is 0 Å². The number of hydrogen-bond donors (Lipinski definition) is 0. The number of nitrogens with zero attached hydrogens (tertiary/aromatic N) is 1. The molecule has 2 aliphatic rings. The molecular weight excluding hydrogens is 883 g/mol. The molecule has 0 saturated heterocycles. The van der Waals surface area contributed by atoms with E-state index in [1.807, 2.05) is 0 Å². The molecule has 0 fully saturated rings. The summed E-state index contributed by atoms with van der Waals surface area (Å²) in [6.07, 6.45) is 0. The minimum Gasteiger partial charge on any atom is -0.455 e. The number of hydrogen-bond acceptors (Lipinski definition) is 2. The van der Waals surface area contributed by atoms with Gasteiger partial charge in [0.05, 0.1) is 5.41 Å². The van der Waals surface area contributed by atoms with E-state index in [1.165, 1.54) is 88.0 Å². The Kier molecular flexibility index (Phi) is 9.21. The molecule has 0 saturated carbocycles. The van der Waals surface area contributed by atoms with Crippen LogP contribution in [0.2, 0.25) is 0 Å². The first-order valence-electron chi connectivity index (χ1n) is 25.2. The molecule has 1 spiro atoms. The second kappa shape index (κ2) is 16.3. The second-order valence-corrected chi connectivity index (χ2v) is 19.5. The van der Waals surface area contributed by atoms with Crippen molar-refractivity contribution < 1.29 is 4.74 Å². The zero-order valence-electron chi connectivity index (χ0n) is 39.8. The van der Waals surface area contributed by atoms with Gasteiger partial charge in [0.15, 0.2) is 0 Å². The van der Waals surface area contributed by atoms with Crippen LogP contribution < -0.4 is 9.64 Å². The third kappa shape index (κ3) is 6.17. The Morgan fingerprint density at radius 3 is 1.19 bits per heavy atom. The average Bonchev–Trinajstić information content (AvgIpc) is 3.75. The Labute approximate surface area is 424 Å². The van der Waals surface area contributed by atoms with E-state index in [-0.39, 0.29) is 0 Å². The van der Waals surface area contributed by atoms with Crippen LogP contribution in [-0.2, 0) is 5.41 Å². The normalized spacial score (nSPS) is 12.9. The van der Waals surface area contributed by atoms with Crippen molar-refractivity contribution in [2.75, 3.05) is 4.90 Å². The van der Waals surface area contributed by atoms with E-state index >= 15 is 0 Å². The molecule has 13 aromatic carbocycles. The summed E-state index contributed by atoms with van der Waals surface area (Å²) in [6, 6.07) is 100. The average molecular weight is 928 g/mol. The highest BCUT2D eigenvalue weighted by Crippen LogP contribution is 2.67. The largest absolute Gasteiger partial charge is 0.455 e. The van der Waals surface area contributed by atoms with E-state index in [0.717, 1.165) is 50.5 Å². The molecule has 15 rings (SSSR count). The number of benzene rings is 13. The maximum Gasteiger partial charge on any atom is 0.140 e. The van der Waals surface area contributed by atoms with Crippen molar-refractivity contribution in [1.82, 2.24) is 0 Å². The molecule has 340 valence electrons. The molecular formula is C71H45NO. The van der Waals surface area contributed by atoms with Gasteiger partial charge >= 0.3 is 0 Å². The lowest BCUT2D eigenvalue weighted by atomic mass is 9.62. The summed E-state index contributed by atoms with van der Waals surface area (Å²) < 4.78 is 7.64. The molecule has 2 heteroatoms. The van der Waals surface area contributed by atoms with Gasteiger partial charge in [-0.3, -0.25) is 0 Å². The Hall–Kier alpha value is -9.50. The minimum absolute atomic E-state index is 0.764. The van der Waals surface area contributed by atoms with E-state index in [1.54, 1.807) is 0 Å². The van der Waals surface area contributed by atoms with Gasteiger partial charge in [-0.05, 0) is 130 Å². The third-order valence-corrected chi connectivity index (χ3v) is 15.7. The van der Waals surface area contributed by atoms with Crippen LogP contribution in [0.1, 0.15) is 22.3 Å². The van der Waals surface area contributed by atoms with Gasteiger partial charge in [0.1, 0.15) is 11.5 Å². The molecule has 0 radical (unpaired) electrons. The van der Waals surface area contributed by atoms with Gasteiger partial charge in [0, 0.05) is 39.0 Å². The monoisotopic (exact) mass is 927 g/mol. The van der Waals surface area contributed by atoms with Gasteiger partial charge in [0.2, 0.25) is 0 Å². The van der Waals surface area contributed by atoms with E-state index in [9.17, 15) is 0 Å². The molecule has 0 amide bonds. The van der Waals surface area contributed by atoms with Gasteiger partial charge in [-0.15, -0.1) is 0 Å². The van der Waals surface area contributed by atoms with Crippen LogP contribution in [0.5, 0.6) is 11.5 Å². The Balaban J connectivity index is 0.993. The quantitative estimate of drug-likeness (QED) is 0.154. The second-order valence-electron chi connectivity index (χ2n) is 19.5. The molecule has 0 N–H and O–H groups in total. The summed E-state index contributed by atoms with van der Waals surface area (Å²) in [7, 11) is 0. The number of ether oxygens (including phenoxy) is 1. The maximum absolute atomic E-state index is 7.64.